The van der Waals surface area contributed by atoms with Crippen molar-refractivity contribution in [3.63, 3.8) is 0 Å². The minimum Gasteiger partial charge on any atom is -0.490 e. The highest BCUT2D eigenvalue weighted by Crippen LogP contribution is 2.32. The summed E-state index contributed by atoms with van der Waals surface area (Å²) in [7, 11) is 0. The van der Waals surface area contributed by atoms with Gasteiger partial charge in [-0.3, -0.25) is 4.79 Å². The van der Waals surface area contributed by atoms with Crippen LogP contribution in [0.5, 0.6) is 5.75 Å². The number of amides is 1. The highest BCUT2D eigenvalue weighted by molar-refractivity contribution is 7.10. The van der Waals surface area contributed by atoms with Crippen LogP contribution in [0, 0.1) is 0 Å². The molecule has 2 heterocycles. The molecule has 124 valence electrons. The van der Waals surface area contributed by atoms with E-state index in [4.69, 9.17) is 4.74 Å². The average molecular weight is 339 g/mol. The van der Waals surface area contributed by atoms with Gasteiger partial charge in [0.25, 0.3) is 0 Å². The Morgan fingerprint density at radius 1 is 1.38 bits per heavy atom. The number of ether oxygens (including phenoxy) is 1. The zero-order valence-corrected chi connectivity index (χ0v) is 14.6. The summed E-state index contributed by atoms with van der Waals surface area (Å²) < 4.78 is 5.45. The standard InChI is InChI=1S/C20H21NO2S/c1-3-13-23-17-7-4-16(5-8-17)6-9-20(22)21-12-10-19-18(15(21)2)11-14-24-19/h3-9,11,14-15H,1,10,12-13H2,2H3/b9-6+/t15-/m1/s1. The number of carbonyl (C=O) groups excluding carboxylic acids is 1. The molecule has 0 radical (unpaired) electrons. The molecule has 3 rings (SSSR count). The third kappa shape index (κ3) is 3.60. The molecule has 3 nitrogen and oxygen atoms in total. The van der Waals surface area contributed by atoms with Gasteiger partial charge in [0, 0.05) is 17.5 Å². The van der Waals surface area contributed by atoms with Crippen LogP contribution in [0.2, 0.25) is 0 Å². The second kappa shape index (κ2) is 7.49. The number of carbonyl (C=O) groups is 1. The molecule has 0 spiro atoms. The summed E-state index contributed by atoms with van der Waals surface area (Å²) in [6, 6.07) is 9.96. The van der Waals surface area contributed by atoms with Gasteiger partial charge in [-0.1, -0.05) is 24.8 Å². The van der Waals surface area contributed by atoms with Crippen molar-refractivity contribution in [2.24, 2.45) is 0 Å². The Morgan fingerprint density at radius 2 is 2.17 bits per heavy atom. The monoisotopic (exact) mass is 339 g/mol. The maximum Gasteiger partial charge on any atom is 0.247 e. The molecule has 1 aliphatic heterocycles. The summed E-state index contributed by atoms with van der Waals surface area (Å²) in [6.07, 6.45) is 6.18. The SMILES string of the molecule is C=CCOc1ccc(/C=C/C(=O)N2CCc3sccc3[C@H]2C)cc1. The summed E-state index contributed by atoms with van der Waals surface area (Å²) in [6.45, 7) is 7.00. The van der Waals surface area contributed by atoms with E-state index in [0.717, 1.165) is 24.3 Å². The first-order chi connectivity index (χ1) is 11.7. The molecule has 4 heteroatoms. The zero-order chi connectivity index (χ0) is 16.9. The van der Waals surface area contributed by atoms with Crippen molar-refractivity contribution in [2.45, 2.75) is 19.4 Å². The third-order valence-electron chi connectivity index (χ3n) is 4.23. The van der Waals surface area contributed by atoms with Crippen LogP contribution in [0.4, 0.5) is 0 Å². The van der Waals surface area contributed by atoms with Crippen molar-refractivity contribution in [2.75, 3.05) is 13.2 Å². The number of benzene rings is 1. The molecule has 2 aromatic rings. The van der Waals surface area contributed by atoms with Crippen LogP contribution >= 0.6 is 11.3 Å². The van der Waals surface area contributed by atoms with E-state index in [9.17, 15) is 4.79 Å². The second-order valence-electron chi connectivity index (χ2n) is 5.76. The lowest BCUT2D eigenvalue weighted by atomic mass is 10.0. The molecule has 0 fully saturated rings. The normalized spacial score (nSPS) is 16.9. The molecule has 1 atom stereocenters. The number of nitrogens with zero attached hydrogens (tertiary/aromatic N) is 1. The third-order valence-corrected chi connectivity index (χ3v) is 5.22. The molecule has 0 saturated heterocycles. The van der Waals surface area contributed by atoms with Crippen LogP contribution < -0.4 is 4.74 Å². The van der Waals surface area contributed by atoms with Crippen LogP contribution in [0.25, 0.3) is 6.08 Å². The molecule has 24 heavy (non-hydrogen) atoms. The number of fused-ring (bicyclic) bond motifs is 1. The second-order valence-corrected chi connectivity index (χ2v) is 6.76. The van der Waals surface area contributed by atoms with Gasteiger partial charge < -0.3 is 9.64 Å². The van der Waals surface area contributed by atoms with Crippen LogP contribution in [-0.2, 0) is 11.2 Å². The number of hydrogen-bond donors (Lipinski definition) is 0. The summed E-state index contributed by atoms with van der Waals surface area (Å²) >= 11 is 1.79. The molecular formula is C20H21NO2S. The van der Waals surface area contributed by atoms with Crippen LogP contribution in [0.15, 0.2) is 54.4 Å². The molecule has 1 aromatic carbocycles. The van der Waals surface area contributed by atoms with Crippen LogP contribution in [0.1, 0.15) is 29.0 Å². The van der Waals surface area contributed by atoms with E-state index in [1.54, 1.807) is 23.5 Å². The fourth-order valence-electron chi connectivity index (χ4n) is 2.90. The van der Waals surface area contributed by atoms with Crippen molar-refractivity contribution >= 4 is 23.3 Å². The topological polar surface area (TPSA) is 29.5 Å². The Kier molecular flexibility index (Phi) is 5.16. The number of thiophene rings is 1. The quantitative estimate of drug-likeness (QED) is 0.594. The lowest BCUT2D eigenvalue weighted by Gasteiger charge is -2.32. The fourth-order valence-corrected chi connectivity index (χ4v) is 3.87. The van der Waals surface area contributed by atoms with Gasteiger partial charge in [-0.25, -0.2) is 0 Å². The molecule has 1 aromatic heterocycles. The van der Waals surface area contributed by atoms with Crippen molar-refractivity contribution in [3.8, 4) is 5.75 Å². The Morgan fingerprint density at radius 3 is 2.92 bits per heavy atom. The van der Waals surface area contributed by atoms with Gasteiger partial charge in [0.05, 0.1) is 6.04 Å². The first-order valence-corrected chi connectivity index (χ1v) is 8.95. The lowest BCUT2D eigenvalue weighted by molar-refractivity contribution is -0.128. The highest BCUT2D eigenvalue weighted by Gasteiger charge is 2.26. The molecule has 0 aliphatic carbocycles. The van der Waals surface area contributed by atoms with Gasteiger partial charge >= 0.3 is 0 Å². The van der Waals surface area contributed by atoms with Gasteiger partial charge in [-0.15, -0.1) is 11.3 Å². The molecule has 0 saturated carbocycles. The Labute approximate surface area is 146 Å². The number of rotatable bonds is 5. The molecule has 0 bridgehead atoms. The van der Waals surface area contributed by atoms with E-state index in [-0.39, 0.29) is 11.9 Å². The fraction of sp³-hybridized carbons (Fsp3) is 0.250. The molecule has 1 amide bonds. The van der Waals surface area contributed by atoms with E-state index in [0.29, 0.717) is 6.61 Å². The molecule has 1 aliphatic rings. The van der Waals surface area contributed by atoms with E-state index in [1.807, 2.05) is 35.2 Å². The predicted molar refractivity (Wildman–Crippen MR) is 99.3 cm³/mol. The smallest absolute Gasteiger partial charge is 0.247 e. The average Bonchev–Trinajstić information content (AvgIpc) is 3.09. The van der Waals surface area contributed by atoms with E-state index in [1.165, 1.54) is 10.4 Å². The minimum atomic E-state index is 0.0614. The van der Waals surface area contributed by atoms with E-state index < -0.39 is 0 Å². The summed E-state index contributed by atoms with van der Waals surface area (Å²) in [4.78, 5) is 15.9. The van der Waals surface area contributed by atoms with E-state index >= 15 is 0 Å². The lowest BCUT2D eigenvalue weighted by Crippen LogP contribution is -2.37. The highest BCUT2D eigenvalue weighted by atomic mass is 32.1. The Balaban J connectivity index is 1.64. The first-order valence-electron chi connectivity index (χ1n) is 8.07. The molecule has 0 unspecified atom stereocenters. The van der Waals surface area contributed by atoms with Gasteiger partial charge in [0.2, 0.25) is 5.91 Å². The minimum absolute atomic E-state index is 0.0614. The van der Waals surface area contributed by atoms with Gasteiger partial charge in [0.1, 0.15) is 12.4 Å². The van der Waals surface area contributed by atoms with E-state index in [2.05, 4.69) is 24.9 Å². The van der Waals surface area contributed by atoms with Crippen LogP contribution in [0.3, 0.4) is 0 Å². The van der Waals surface area contributed by atoms with Crippen molar-refractivity contribution < 1.29 is 9.53 Å². The van der Waals surface area contributed by atoms with Crippen molar-refractivity contribution in [1.29, 1.82) is 0 Å². The largest absolute Gasteiger partial charge is 0.490 e. The maximum absolute atomic E-state index is 12.5. The predicted octanol–water partition coefficient (Wildman–Crippen LogP) is 4.47. The Hall–Kier alpha value is -2.33. The first kappa shape index (κ1) is 16.5. The summed E-state index contributed by atoms with van der Waals surface area (Å²) in [5.41, 5.74) is 2.27. The molecular weight excluding hydrogens is 318 g/mol. The van der Waals surface area contributed by atoms with Crippen LogP contribution in [-0.4, -0.2) is 24.0 Å². The maximum atomic E-state index is 12.5. The van der Waals surface area contributed by atoms with Gasteiger partial charge in [-0.05, 0) is 54.1 Å². The summed E-state index contributed by atoms with van der Waals surface area (Å²) in [5, 5.41) is 2.11. The molecule has 0 N–H and O–H groups in total. The van der Waals surface area contributed by atoms with Gasteiger partial charge in [-0.2, -0.15) is 0 Å². The summed E-state index contributed by atoms with van der Waals surface area (Å²) in [5.74, 6) is 0.861. The Bertz CT molecular complexity index is 745. The zero-order valence-electron chi connectivity index (χ0n) is 13.8. The number of hydrogen-bond acceptors (Lipinski definition) is 3. The van der Waals surface area contributed by atoms with Crippen molar-refractivity contribution in [1.82, 2.24) is 4.90 Å². The van der Waals surface area contributed by atoms with Crippen molar-refractivity contribution in [3.05, 3.63) is 70.4 Å². The van der Waals surface area contributed by atoms with Gasteiger partial charge in [0.15, 0.2) is 0 Å².